The molecular formula is C21H19N3O3S. The van der Waals surface area contributed by atoms with E-state index in [0.29, 0.717) is 34.5 Å². The first-order chi connectivity index (χ1) is 13.7. The number of hydrogen-bond acceptors (Lipinski definition) is 6. The summed E-state index contributed by atoms with van der Waals surface area (Å²) in [5.74, 6) is 1.73. The lowest BCUT2D eigenvalue weighted by molar-refractivity contribution is -0.113. The summed E-state index contributed by atoms with van der Waals surface area (Å²) in [5, 5.41) is 9.36. The number of nitrogens with zero attached hydrogens (tertiary/aromatic N) is 3. The number of benzene rings is 2. The third kappa shape index (κ3) is 4.35. The number of amidine groups is 1. The molecule has 2 aromatic carbocycles. The first kappa shape index (κ1) is 19.5. The molecule has 0 spiro atoms. The van der Waals surface area contributed by atoms with Gasteiger partial charge in [-0.1, -0.05) is 30.0 Å². The number of anilines is 1. The van der Waals surface area contributed by atoms with E-state index in [2.05, 4.69) is 11.1 Å². The quantitative estimate of drug-likeness (QED) is 0.546. The van der Waals surface area contributed by atoms with Gasteiger partial charge in [0.05, 0.1) is 26.0 Å². The fraction of sp³-hybridized carbons (Fsp3) is 0.190. The van der Waals surface area contributed by atoms with E-state index in [0.717, 1.165) is 11.3 Å². The van der Waals surface area contributed by atoms with Gasteiger partial charge in [-0.3, -0.25) is 9.69 Å². The minimum absolute atomic E-state index is 0.219. The molecule has 1 amide bonds. The van der Waals surface area contributed by atoms with Gasteiger partial charge in [0.1, 0.15) is 17.2 Å². The van der Waals surface area contributed by atoms with Gasteiger partial charge in [0.25, 0.3) is 5.91 Å². The van der Waals surface area contributed by atoms with Crippen LogP contribution < -0.4 is 14.4 Å². The predicted molar refractivity (Wildman–Crippen MR) is 112 cm³/mol. The molecule has 1 aliphatic heterocycles. The second kappa shape index (κ2) is 9.11. The Morgan fingerprint density at radius 1 is 1.14 bits per heavy atom. The zero-order chi connectivity index (χ0) is 19.9. The van der Waals surface area contributed by atoms with Gasteiger partial charge in [0.15, 0.2) is 5.17 Å². The highest BCUT2D eigenvalue weighted by Gasteiger charge is 2.32. The van der Waals surface area contributed by atoms with Crippen LogP contribution in [0.5, 0.6) is 11.5 Å². The maximum absolute atomic E-state index is 13.1. The fourth-order valence-electron chi connectivity index (χ4n) is 2.62. The maximum Gasteiger partial charge on any atom is 0.283 e. The Hall–Kier alpha value is -3.24. The molecule has 1 heterocycles. The highest BCUT2D eigenvalue weighted by atomic mass is 32.2. The Labute approximate surface area is 168 Å². The molecule has 3 rings (SSSR count). The van der Waals surface area contributed by atoms with Crippen LogP contribution in [0.4, 0.5) is 5.69 Å². The standard InChI is InChI=1S/C21H19N3O3S/c1-26-17-9-7-15(8-10-17)13-19-20(25)24(21(23-19)28-12-4-11-22)16-5-3-6-18(14-16)27-2/h3,5-10,13-14H,4,12H2,1-2H3/b19-13-. The maximum atomic E-state index is 13.1. The lowest BCUT2D eigenvalue weighted by Gasteiger charge is -2.18. The highest BCUT2D eigenvalue weighted by molar-refractivity contribution is 8.14. The smallest absolute Gasteiger partial charge is 0.283 e. The van der Waals surface area contributed by atoms with Crippen molar-refractivity contribution in [2.75, 3.05) is 24.9 Å². The van der Waals surface area contributed by atoms with Crippen molar-refractivity contribution in [3.05, 3.63) is 59.8 Å². The molecule has 0 atom stereocenters. The van der Waals surface area contributed by atoms with Crippen LogP contribution in [0.3, 0.4) is 0 Å². The van der Waals surface area contributed by atoms with Crippen LogP contribution in [-0.2, 0) is 4.79 Å². The van der Waals surface area contributed by atoms with Crippen LogP contribution in [0.1, 0.15) is 12.0 Å². The molecule has 7 heteroatoms. The molecule has 0 fully saturated rings. The van der Waals surface area contributed by atoms with Gasteiger partial charge in [-0.05, 0) is 35.9 Å². The molecular weight excluding hydrogens is 374 g/mol. The van der Waals surface area contributed by atoms with Gasteiger partial charge in [0.2, 0.25) is 0 Å². The van der Waals surface area contributed by atoms with Crippen molar-refractivity contribution in [2.24, 2.45) is 4.99 Å². The molecule has 142 valence electrons. The summed E-state index contributed by atoms with van der Waals surface area (Å²) in [6.45, 7) is 0. The number of carbonyl (C=O) groups is 1. The van der Waals surface area contributed by atoms with Gasteiger partial charge in [0, 0.05) is 18.2 Å². The Morgan fingerprint density at radius 2 is 1.89 bits per heavy atom. The number of amides is 1. The molecule has 2 aromatic rings. The van der Waals surface area contributed by atoms with E-state index in [1.54, 1.807) is 31.3 Å². The van der Waals surface area contributed by atoms with Gasteiger partial charge < -0.3 is 9.47 Å². The van der Waals surface area contributed by atoms with Crippen LogP contribution in [0.25, 0.3) is 6.08 Å². The highest BCUT2D eigenvalue weighted by Crippen LogP contribution is 2.31. The zero-order valence-electron chi connectivity index (χ0n) is 15.6. The molecule has 0 saturated heterocycles. The SMILES string of the molecule is COc1ccc(/C=C2\N=C(SCCC#N)N(c3cccc(OC)c3)C2=O)cc1. The van der Waals surface area contributed by atoms with Crippen molar-refractivity contribution >= 4 is 34.6 Å². The summed E-state index contributed by atoms with van der Waals surface area (Å²) in [6.07, 6.45) is 2.12. The van der Waals surface area contributed by atoms with Gasteiger partial charge >= 0.3 is 0 Å². The van der Waals surface area contributed by atoms with Gasteiger partial charge in [-0.15, -0.1) is 0 Å². The van der Waals surface area contributed by atoms with Crippen molar-refractivity contribution in [1.29, 1.82) is 5.26 Å². The Morgan fingerprint density at radius 3 is 2.57 bits per heavy atom. The normalized spacial score (nSPS) is 14.8. The molecule has 28 heavy (non-hydrogen) atoms. The number of methoxy groups -OCH3 is 2. The van der Waals surface area contributed by atoms with E-state index < -0.39 is 0 Å². The van der Waals surface area contributed by atoms with Crippen LogP contribution in [0.15, 0.2) is 59.2 Å². The average Bonchev–Trinajstić information content (AvgIpc) is 3.04. The lowest BCUT2D eigenvalue weighted by Crippen LogP contribution is -2.30. The summed E-state index contributed by atoms with van der Waals surface area (Å²) < 4.78 is 10.4. The van der Waals surface area contributed by atoms with Crippen LogP contribution in [0, 0.1) is 11.3 Å². The predicted octanol–water partition coefficient (Wildman–Crippen LogP) is 4.09. The van der Waals surface area contributed by atoms with Crippen molar-refractivity contribution in [3.8, 4) is 17.6 Å². The molecule has 6 nitrogen and oxygen atoms in total. The number of ether oxygens (including phenoxy) is 2. The lowest BCUT2D eigenvalue weighted by atomic mass is 10.2. The molecule has 0 bridgehead atoms. The number of nitriles is 1. The van der Waals surface area contributed by atoms with Crippen LogP contribution in [0.2, 0.25) is 0 Å². The third-order valence-electron chi connectivity index (χ3n) is 4.01. The van der Waals surface area contributed by atoms with E-state index in [4.69, 9.17) is 14.7 Å². The van der Waals surface area contributed by atoms with Crippen molar-refractivity contribution in [2.45, 2.75) is 6.42 Å². The molecule has 0 radical (unpaired) electrons. The number of thioether (sulfide) groups is 1. The molecule has 0 aliphatic carbocycles. The Kier molecular flexibility index (Phi) is 6.35. The summed E-state index contributed by atoms with van der Waals surface area (Å²) >= 11 is 1.38. The van der Waals surface area contributed by atoms with Crippen LogP contribution in [-0.4, -0.2) is 31.0 Å². The van der Waals surface area contributed by atoms with Crippen molar-refractivity contribution in [3.63, 3.8) is 0 Å². The zero-order valence-corrected chi connectivity index (χ0v) is 16.4. The molecule has 0 aromatic heterocycles. The third-order valence-corrected chi connectivity index (χ3v) is 4.95. The second-order valence-corrected chi connectivity index (χ2v) is 6.86. The monoisotopic (exact) mass is 393 g/mol. The number of hydrogen-bond donors (Lipinski definition) is 0. The van der Waals surface area contributed by atoms with Crippen molar-refractivity contribution < 1.29 is 14.3 Å². The first-order valence-corrected chi connectivity index (χ1v) is 9.57. The van der Waals surface area contributed by atoms with E-state index in [1.807, 2.05) is 42.5 Å². The molecule has 0 N–H and O–H groups in total. The molecule has 0 unspecified atom stereocenters. The summed E-state index contributed by atoms with van der Waals surface area (Å²) in [7, 11) is 3.19. The fourth-order valence-corrected chi connectivity index (χ4v) is 3.47. The number of carbonyl (C=O) groups excluding carboxylic acids is 1. The van der Waals surface area contributed by atoms with E-state index in [-0.39, 0.29) is 5.91 Å². The minimum atomic E-state index is -0.219. The van der Waals surface area contributed by atoms with Gasteiger partial charge in [-0.2, -0.15) is 5.26 Å². The second-order valence-electron chi connectivity index (χ2n) is 5.80. The summed E-state index contributed by atoms with van der Waals surface area (Å²) in [4.78, 5) is 19.2. The molecule has 1 aliphatic rings. The Bertz CT molecular complexity index is 962. The molecule has 0 saturated carbocycles. The average molecular weight is 393 g/mol. The van der Waals surface area contributed by atoms with Crippen LogP contribution >= 0.6 is 11.8 Å². The van der Waals surface area contributed by atoms with Crippen molar-refractivity contribution in [1.82, 2.24) is 0 Å². The van der Waals surface area contributed by atoms with E-state index in [9.17, 15) is 4.79 Å². The first-order valence-electron chi connectivity index (χ1n) is 8.59. The van der Waals surface area contributed by atoms with Gasteiger partial charge in [-0.25, -0.2) is 4.99 Å². The largest absolute Gasteiger partial charge is 0.497 e. The summed E-state index contributed by atoms with van der Waals surface area (Å²) in [5.41, 5.74) is 1.86. The number of aliphatic imine (C=N–C) groups is 1. The number of rotatable bonds is 6. The topological polar surface area (TPSA) is 74.9 Å². The Balaban J connectivity index is 1.94. The minimum Gasteiger partial charge on any atom is -0.497 e. The summed E-state index contributed by atoms with van der Waals surface area (Å²) in [6, 6.07) is 16.8. The van der Waals surface area contributed by atoms with E-state index in [1.165, 1.54) is 11.8 Å². The van der Waals surface area contributed by atoms with E-state index >= 15 is 0 Å².